The molecule has 1 aliphatic carbocycles. The van der Waals surface area contributed by atoms with Gasteiger partial charge in [-0.2, -0.15) is 5.10 Å². The van der Waals surface area contributed by atoms with Crippen LogP contribution in [0.1, 0.15) is 35.3 Å². The van der Waals surface area contributed by atoms with E-state index in [0.29, 0.717) is 22.7 Å². The Hall–Kier alpha value is -3.15. The Morgan fingerprint density at radius 3 is 2.54 bits per heavy atom. The lowest BCUT2D eigenvalue weighted by molar-refractivity contribution is 0.0950. The van der Waals surface area contributed by atoms with Crippen LogP contribution in [0.3, 0.4) is 0 Å². The largest absolute Gasteiger partial charge is 0.490 e. The van der Waals surface area contributed by atoms with Crippen LogP contribution in [0.25, 0.3) is 10.8 Å². The van der Waals surface area contributed by atoms with Gasteiger partial charge in [-0.15, -0.1) is 0 Å². The second-order valence-corrected chi connectivity index (χ2v) is 6.42. The van der Waals surface area contributed by atoms with Crippen LogP contribution in [0.5, 0.6) is 5.75 Å². The number of hydrogen-bond donors (Lipinski definition) is 2. The third kappa shape index (κ3) is 3.31. The van der Waals surface area contributed by atoms with Crippen LogP contribution in [0, 0.1) is 0 Å². The van der Waals surface area contributed by atoms with Crippen molar-refractivity contribution >= 4 is 16.7 Å². The highest BCUT2D eigenvalue weighted by Gasteiger charge is 2.19. The molecule has 4 rings (SSSR count). The molecule has 132 valence electrons. The number of aromatic amines is 1. The first-order valence-electron chi connectivity index (χ1n) is 8.72. The molecule has 0 saturated heterocycles. The summed E-state index contributed by atoms with van der Waals surface area (Å²) in [6.45, 7) is 0.233. The molecule has 6 nitrogen and oxygen atoms in total. The number of amides is 1. The van der Waals surface area contributed by atoms with Gasteiger partial charge in [-0.3, -0.25) is 9.59 Å². The molecule has 1 aromatic heterocycles. The van der Waals surface area contributed by atoms with E-state index in [1.165, 1.54) is 6.42 Å². The van der Waals surface area contributed by atoms with Gasteiger partial charge in [0.05, 0.1) is 23.7 Å². The number of ether oxygens (including phenoxy) is 1. The molecule has 0 atom stereocenters. The third-order valence-corrected chi connectivity index (χ3v) is 4.66. The highest BCUT2D eigenvalue weighted by molar-refractivity contribution is 5.94. The van der Waals surface area contributed by atoms with Gasteiger partial charge in [0.2, 0.25) is 0 Å². The normalized spacial score (nSPS) is 14.0. The molecule has 2 aromatic carbocycles. The highest BCUT2D eigenvalue weighted by Crippen LogP contribution is 2.25. The lowest BCUT2D eigenvalue weighted by atomic mass is 9.96. The molecular formula is C20H19N3O3. The van der Waals surface area contributed by atoms with Crippen LogP contribution in [-0.2, 0) is 6.54 Å². The predicted octanol–water partition coefficient (Wildman–Crippen LogP) is 2.78. The van der Waals surface area contributed by atoms with Gasteiger partial charge in [0.15, 0.2) is 0 Å². The van der Waals surface area contributed by atoms with E-state index in [0.717, 1.165) is 24.0 Å². The first-order chi connectivity index (χ1) is 12.7. The molecule has 1 heterocycles. The summed E-state index contributed by atoms with van der Waals surface area (Å²) < 4.78 is 5.80. The molecule has 6 heteroatoms. The number of carbonyl (C=O) groups is 1. The summed E-state index contributed by atoms with van der Waals surface area (Å²) in [5.74, 6) is 0.594. The van der Waals surface area contributed by atoms with E-state index in [1.54, 1.807) is 24.3 Å². The lowest BCUT2D eigenvalue weighted by Gasteiger charge is -2.26. The molecule has 0 bridgehead atoms. The Bertz CT molecular complexity index is 991. The standard InChI is InChI=1S/C20H19N3O3/c24-19(13-8-10-15(11-9-13)26-14-4-3-5-14)21-12-18-16-6-1-2-7-17(16)20(25)23-22-18/h1-2,6-11,14H,3-5,12H2,(H,21,24)(H,23,25). The third-order valence-electron chi connectivity index (χ3n) is 4.66. The van der Waals surface area contributed by atoms with Crippen molar-refractivity contribution in [3.63, 3.8) is 0 Å². The Balaban J connectivity index is 1.44. The number of aromatic nitrogens is 2. The first kappa shape index (κ1) is 16.3. The maximum atomic E-state index is 12.4. The summed E-state index contributed by atoms with van der Waals surface area (Å²) >= 11 is 0. The fraction of sp³-hybridized carbons (Fsp3) is 0.250. The smallest absolute Gasteiger partial charge is 0.272 e. The zero-order valence-electron chi connectivity index (χ0n) is 14.2. The SMILES string of the molecule is O=C(NCc1n[nH]c(=O)c2ccccc12)c1ccc(OC2CCC2)cc1. The average Bonchev–Trinajstić information content (AvgIpc) is 2.65. The minimum absolute atomic E-state index is 0.197. The van der Waals surface area contributed by atoms with Gasteiger partial charge in [-0.1, -0.05) is 18.2 Å². The fourth-order valence-electron chi connectivity index (χ4n) is 2.94. The van der Waals surface area contributed by atoms with Crippen molar-refractivity contribution in [2.24, 2.45) is 0 Å². The minimum Gasteiger partial charge on any atom is -0.490 e. The van der Waals surface area contributed by atoms with Crippen LogP contribution in [0.4, 0.5) is 0 Å². The summed E-state index contributed by atoms with van der Waals surface area (Å²) in [6.07, 6.45) is 3.73. The summed E-state index contributed by atoms with van der Waals surface area (Å²) in [5.41, 5.74) is 0.941. The van der Waals surface area contributed by atoms with Gasteiger partial charge in [-0.25, -0.2) is 5.10 Å². The number of benzene rings is 2. The summed E-state index contributed by atoms with van der Waals surface area (Å²) in [6, 6.07) is 14.3. The van der Waals surface area contributed by atoms with Gasteiger partial charge in [0, 0.05) is 10.9 Å². The Morgan fingerprint density at radius 1 is 1.12 bits per heavy atom. The lowest BCUT2D eigenvalue weighted by Crippen LogP contribution is -2.25. The van der Waals surface area contributed by atoms with E-state index in [-0.39, 0.29) is 18.0 Å². The molecule has 0 unspecified atom stereocenters. The zero-order chi connectivity index (χ0) is 17.9. The maximum absolute atomic E-state index is 12.4. The number of H-pyrrole nitrogens is 1. The molecule has 1 fully saturated rings. The highest BCUT2D eigenvalue weighted by atomic mass is 16.5. The second kappa shape index (κ2) is 7.00. The molecule has 0 spiro atoms. The average molecular weight is 349 g/mol. The number of rotatable bonds is 5. The number of carbonyl (C=O) groups excluding carboxylic acids is 1. The molecule has 1 amide bonds. The number of hydrogen-bond acceptors (Lipinski definition) is 4. The van der Waals surface area contributed by atoms with Crippen LogP contribution < -0.4 is 15.6 Å². The van der Waals surface area contributed by atoms with E-state index in [2.05, 4.69) is 15.5 Å². The van der Waals surface area contributed by atoms with Crippen molar-refractivity contribution in [1.82, 2.24) is 15.5 Å². The first-order valence-corrected chi connectivity index (χ1v) is 8.72. The molecule has 26 heavy (non-hydrogen) atoms. The van der Waals surface area contributed by atoms with Gasteiger partial charge < -0.3 is 10.1 Å². The minimum atomic E-state index is -0.238. The van der Waals surface area contributed by atoms with Crippen molar-refractivity contribution in [2.75, 3.05) is 0 Å². The van der Waals surface area contributed by atoms with E-state index in [4.69, 9.17) is 4.74 Å². The van der Waals surface area contributed by atoms with Gasteiger partial charge in [0.25, 0.3) is 11.5 Å². The zero-order valence-corrected chi connectivity index (χ0v) is 14.2. The van der Waals surface area contributed by atoms with E-state index < -0.39 is 0 Å². The van der Waals surface area contributed by atoms with E-state index >= 15 is 0 Å². The fourth-order valence-corrected chi connectivity index (χ4v) is 2.94. The monoisotopic (exact) mass is 349 g/mol. The molecule has 2 N–H and O–H groups in total. The molecule has 0 aliphatic heterocycles. The van der Waals surface area contributed by atoms with E-state index in [1.807, 2.05) is 24.3 Å². The van der Waals surface area contributed by atoms with Crippen LogP contribution >= 0.6 is 0 Å². The Kier molecular flexibility index (Phi) is 4.39. The molecule has 1 aliphatic rings. The summed E-state index contributed by atoms with van der Waals surface area (Å²) in [7, 11) is 0. The van der Waals surface area contributed by atoms with Crippen molar-refractivity contribution < 1.29 is 9.53 Å². The molecule has 3 aromatic rings. The van der Waals surface area contributed by atoms with Crippen molar-refractivity contribution in [2.45, 2.75) is 31.9 Å². The Labute approximate surface area is 150 Å². The van der Waals surface area contributed by atoms with Gasteiger partial charge in [-0.05, 0) is 49.6 Å². The topological polar surface area (TPSA) is 84.1 Å². The number of fused-ring (bicyclic) bond motifs is 1. The van der Waals surface area contributed by atoms with Gasteiger partial charge >= 0.3 is 0 Å². The van der Waals surface area contributed by atoms with Crippen molar-refractivity contribution in [3.8, 4) is 5.75 Å². The molecular weight excluding hydrogens is 330 g/mol. The second-order valence-electron chi connectivity index (χ2n) is 6.42. The van der Waals surface area contributed by atoms with Crippen LogP contribution in [-0.4, -0.2) is 22.2 Å². The van der Waals surface area contributed by atoms with Gasteiger partial charge in [0.1, 0.15) is 5.75 Å². The molecule has 1 saturated carbocycles. The molecule has 0 radical (unpaired) electrons. The Morgan fingerprint density at radius 2 is 1.85 bits per heavy atom. The summed E-state index contributed by atoms with van der Waals surface area (Å²) in [5, 5.41) is 10.7. The van der Waals surface area contributed by atoms with Crippen LogP contribution in [0.15, 0.2) is 53.3 Å². The predicted molar refractivity (Wildman–Crippen MR) is 98.2 cm³/mol. The number of nitrogens with zero attached hydrogens (tertiary/aromatic N) is 1. The van der Waals surface area contributed by atoms with Crippen LogP contribution in [0.2, 0.25) is 0 Å². The van der Waals surface area contributed by atoms with E-state index in [9.17, 15) is 9.59 Å². The van der Waals surface area contributed by atoms with Crippen molar-refractivity contribution in [3.05, 3.63) is 70.1 Å². The summed E-state index contributed by atoms with van der Waals surface area (Å²) in [4.78, 5) is 24.2. The van der Waals surface area contributed by atoms with Crippen molar-refractivity contribution in [1.29, 1.82) is 0 Å². The quantitative estimate of drug-likeness (QED) is 0.742. The maximum Gasteiger partial charge on any atom is 0.272 e. The number of nitrogens with one attached hydrogen (secondary N) is 2.